The highest BCUT2D eigenvalue weighted by Gasteiger charge is 2.52. The summed E-state index contributed by atoms with van der Waals surface area (Å²) < 4.78 is 12.4. The summed E-state index contributed by atoms with van der Waals surface area (Å²) in [4.78, 5) is 11.4. The molecule has 2 rings (SSSR count). The maximum Gasteiger partial charge on any atom is 0.492 e. The highest BCUT2D eigenvalue weighted by molar-refractivity contribution is 6.56. The molecular weight excluding hydrogens is 325 g/mol. The number of rotatable bonds is 4. The third-order valence-corrected chi connectivity index (χ3v) is 5.20. The summed E-state index contributed by atoms with van der Waals surface area (Å²) in [6, 6.07) is 8.44. The van der Waals surface area contributed by atoms with Crippen molar-refractivity contribution in [3.63, 3.8) is 0 Å². The van der Waals surface area contributed by atoms with Gasteiger partial charge in [0.05, 0.1) is 11.2 Å². The zero-order valence-corrected chi connectivity index (χ0v) is 17.4. The summed E-state index contributed by atoms with van der Waals surface area (Å²) in [6.45, 7) is 16.6. The maximum atomic E-state index is 11.4. The lowest BCUT2D eigenvalue weighted by atomic mass is 9.76. The van der Waals surface area contributed by atoms with E-state index in [1.54, 1.807) is 0 Å². The number of benzene rings is 1. The van der Waals surface area contributed by atoms with Gasteiger partial charge in [0.15, 0.2) is 0 Å². The second kappa shape index (κ2) is 7.20. The molecule has 0 aliphatic carbocycles. The molecule has 1 aliphatic heterocycles. The Balaban J connectivity index is 2.37. The maximum absolute atomic E-state index is 11.4. The minimum Gasteiger partial charge on any atom is -0.400 e. The zero-order valence-electron chi connectivity index (χ0n) is 17.4. The predicted octanol–water partition coefficient (Wildman–Crippen LogP) is 4.14. The number of carbonyl (C=O) groups is 1. The second-order valence-corrected chi connectivity index (χ2v) is 9.09. The van der Waals surface area contributed by atoms with Crippen molar-refractivity contribution < 1.29 is 14.1 Å². The van der Waals surface area contributed by atoms with Gasteiger partial charge in [-0.1, -0.05) is 51.1 Å². The summed E-state index contributed by atoms with van der Waals surface area (Å²) in [5, 5.41) is 2.88. The van der Waals surface area contributed by atoms with Crippen LogP contribution in [0.5, 0.6) is 0 Å². The molecule has 4 nitrogen and oxygen atoms in total. The van der Waals surface area contributed by atoms with Crippen molar-refractivity contribution in [1.29, 1.82) is 0 Å². The molecule has 0 aromatic heterocycles. The fraction of sp³-hybridized carbons (Fsp3) is 0.571. The van der Waals surface area contributed by atoms with Gasteiger partial charge in [-0.05, 0) is 49.7 Å². The van der Waals surface area contributed by atoms with E-state index in [2.05, 4.69) is 56.4 Å². The normalized spacial score (nSPS) is 19.5. The number of amides is 1. The molecule has 1 fully saturated rings. The lowest BCUT2D eigenvalue weighted by Crippen LogP contribution is -2.41. The van der Waals surface area contributed by atoms with E-state index in [1.807, 2.05) is 27.7 Å². The molecule has 1 aliphatic rings. The van der Waals surface area contributed by atoms with Crippen molar-refractivity contribution in [3.8, 4) is 0 Å². The van der Waals surface area contributed by atoms with E-state index in [4.69, 9.17) is 9.31 Å². The van der Waals surface area contributed by atoms with Crippen LogP contribution < -0.4 is 5.32 Å². The molecule has 0 spiro atoms. The monoisotopic (exact) mass is 357 g/mol. The Morgan fingerprint density at radius 3 is 2.23 bits per heavy atom. The second-order valence-electron chi connectivity index (χ2n) is 9.09. The highest BCUT2D eigenvalue weighted by Crippen LogP contribution is 2.38. The van der Waals surface area contributed by atoms with Crippen LogP contribution in [0.4, 0.5) is 0 Å². The third-order valence-electron chi connectivity index (χ3n) is 5.20. The van der Waals surface area contributed by atoms with Gasteiger partial charge in [0, 0.05) is 13.5 Å². The van der Waals surface area contributed by atoms with Crippen LogP contribution in [-0.2, 0) is 19.5 Å². The summed E-state index contributed by atoms with van der Waals surface area (Å²) in [6.07, 6.45) is 2.06. The minimum absolute atomic E-state index is 0.0733. The molecule has 0 saturated carbocycles. The number of carbonyl (C=O) groups excluding carboxylic acids is 1. The molecule has 1 N–H and O–H groups in total. The molecule has 1 aromatic carbocycles. The van der Waals surface area contributed by atoms with E-state index in [0.717, 1.165) is 11.0 Å². The van der Waals surface area contributed by atoms with E-state index < -0.39 is 18.3 Å². The molecular formula is C21H32BNO3. The molecule has 1 amide bonds. The molecule has 1 heterocycles. The molecule has 0 unspecified atom stereocenters. The first kappa shape index (κ1) is 20.7. The van der Waals surface area contributed by atoms with Gasteiger partial charge in [-0.15, -0.1) is 0 Å². The Kier molecular flexibility index (Phi) is 5.74. The zero-order chi connectivity index (χ0) is 19.8. The molecule has 1 saturated heterocycles. The van der Waals surface area contributed by atoms with Gasteiger partial charge in [0.2, 0.25) is 5.91 Å². The fourth-order valence-corrected chi connectivity index (χ4v) is 2.73. The van der Waals surface area contributed by atoms with Crippen molar-refractivity contribution >= 4 is 19.1 Å². The van der Waals surface area contributed by atoms with Crippen LogP contribution in [-0.4, -0.2) is 30.8 Å². The molecule has 0 radical (unpaired) electrons. The van der Waals surface area contributed by atoms with Gasteiger partial charge in [0.1, 0.15) is 0 Å². The lowest BCUT2D eigenvalue weighted by Gasteiger charge is -2.32. The minimum atomic E-state index is -0.481. The summed E-state index contributed by atoms with van der Waals surface area (Å²) in [5.41, 5.74) is 2.49. The van der Waals surface area contributed by atoms with E-state index >= 15 is 0 Å². The van der Waals surface area contributed by atoms with Crippen LogP contribution in [0.3, 0.4) is 0 Å². The highest BCUT2D eigenvalue weighted by atomic mass is 16.7. The first-order chi connectivity index (χ1) is 11.8. The van der Waals surface area contributed by atoms with Crippen LogP contribution in [0.15, 0.2) is 29.7 Å². The average molecular weight is 357 g/mol. The molecule has 26 heavy (non-hydrogen) atoms. The molecule has 0 atom stereocenters. The van der Waals surface area contributed by atoms with Gasteiger partial charge in [-0.3, -0.25) is 4.79 Å². The summed E-state index contributed by atoms with van der Waals surface area (Å²) >= 11 is 0. The summed E-state index contributed by atoms with van der Waals surface area (Å²) in [7, 11) is -0.481. The molecule has 142 valence electrons. The Bertz CT molecular complexity index is 685. The van der Waals surface area contributed by atoms with Gasteiger partial charge in [-0.25, -0.2) is 0 Å². The van der Waals surface area contributed by atoms with Crippen molar-refractivity contribution in [2.24, 2.45) is 0 Å². The SMILES string of the molecule is CC(=O)NCC(=Cc1cccc(C(C)(C)C)c1)B1OC(C)(C)C(C)(C)O1. The largest absolute Gasteiger partial charge is 0.492 e. The Morgan fingerprint density at radius 1 is 1.15 bits per heavy atom. The average Bonchev–Trinajstić information content (AvgIpc) is 2.71. The first-order valence-electron chi connectivity index (χ1n) is 9.23. The van der Waals surface area contributed by atoms with Gasteiger partial charge < -0.3 is 14.6 Å². The molecule has 0 bridgehead atoms. The van der Waals surface area contributed by atoms with Gasteiger partial charge in [-0.2, -0.15) is 0 Å². The van der Waals surface area contributed by atoms with Gasteiger partial charge in [0.25, 0.3) is 0 Å². The molecule has 5 heteroatoms. The Morgan fingerprint density at radius 2 is 1.73 bits per heavy atom. The smallest absolute Gasteiger partial charge is 0.400 e. The van der Waals surface area contributed by atoms with E-state index in [0.29, 0.717) is 6.54 Å². The third kappa shape index (κ3) is 4.77. The Labute approximate surface area is 158 Å². The van der Waals surface area contributed by atoms with Gasteiger partial charge >= 0.3 is 7.12 Å². The van der Waals surface area contributed by atoms with Crippen molar-refractivity contribution in [3.05, 3.63) is 40.9 Å². The quantitative estimate of drug-likeness (QED) is 0.824. The van der Waals surface area contributed by atoms with E-state index in [-0.39, 0.29) is 11.3 Å². The van der Waals surface area contributed by atoms with Crippen molar-refractivity contribution in [2.45, 2.75) is 72.0 Å². The van der Waals surface area contributed by atoms with Crippen molar-refractivity contribution in [2.75, 3.05) is 6.54 Å². The Hall–Kier alpha value is -1.59. The van der Waals surface area contributed by atoms with Crippen LogP contribution in [0, 0.1) is 0 Å². The summed E-state index contributed by atoms with van der Waals surface area (Å²) in [5.74, 6) is -0.0733. The number of hydrogen-bond acceptors (Lipinski definition) is 3. The topological polar surface area (TPSA) is 47.6 Å². The van der Waals surface area contributed by atoms with Crippen LogP contribution in [0.1, 0.15) is 66.5 Å². The van der Waals surface area contributed by atoms with E-state index in [1.165, 1.54) is 12.5 Å². The van der Waals surface area contributed by atoms with Crippen molar-refractivity contribution in [1.82, 2.24) is 5.32 Å². The lowest BCUT2D eigenvalue weighted by molar-refractivity contribution is -0.118. The standard InChI is InChI=1S/C21H32BNO3/c1-15(24)23-14-18(22-25-20(5,6)21(7,8)26-22)13-16-10-9-11-17(12-16)19(2,3)4/h9-13H,14H2,1-8H3,(H,23,24). The number of hydrogen-bond donors (Lipinski definition) is 1. The predicted molar refractivity (Wildman–Crippen MR) is 108 cm³/mol. The van der Waals surface area contributed by atoms with Crippen LogP contribution >= 0.6 is 0 Å². The fourth-order valence-electron chi connectivity index (χ4n) is 2.73. The molecule has 1 aromatic rings. The first-order valence-corrected chi connectivity index (χ1v) is 9.23. The van der Waals surface area contributed by atoms with Crippen LogP contribution in [0.25, 0.3) is 6.08 Å². The van der Waals surface area contributed by atoms with E-state index in [9.17, 15) is 4.79 Å². The number of nitrogens with one attached hydrogen (secondary N) is 1. The van der Waals surface area contributed by atoms with Crippen LogP contribution in [0.2, 0.25) is 0 Å².